The summed E-state index contributed by atoms with van der Waals surface area (Å²) in [7, 11) is -3.73. The van der Waals surface area contributed by atoms with Gasteiger partial charge in [0.1, 0.15) is 0 Å². The van der Waals surface area contributed by atoms with Crippen molar-refractivity contribution < 1.29 is 8.42 Å². The zero-order valence-electron chi connectivity index (χ0n) is 10.7. The summed E-state index contributed by atoms with van der Waals surface area (Å²) in [6.07, 6.45) is 0. The van der Waals surface area contributed by atoms with Gasteiger partial charge >= 0.3 is 5.37 Å². The minimum atomic E-state index is -3.73. The van der Waals surface area contributed by atoms with Crippen LogP contribution in [0.15, 0.2) is 53.4 Å². The van der Waals surface area contributed by atoms with Gasteiger partial charge in [-0.1, -0.05) is 29.3 Å². The predicted molar refractivity (Wildman–Crippen MR) is 79.2 cm³/mol. The van der Waals surface area contributed by atoms with Crippen LogP contribution in [0.4, 0.5) is 0 Å². The van der Waals surface area contributed by atoms with Gasteiger partial charge in [-0.15, -0.1) is 0 Å². The van der Waals surface area contributed by atoms with Gasteiger partial charge in [-0.2, -0.15) is 0 Å². The Bertz CT molecular complexity index is 744. The highest BCUT2D eigenvalue weighted by Crippen LogP contribution is 2.30. The van der Waals surface area contributed by atoms with Crippen LogP contribution in [-0.2, 0) is 9.84 Å². The second kappa shape index (κ2) is 5.66. The highest BCUT2D eigenvalue weighted by atomic mass is 35.5. The standard InChI is InChI=1S/C15H12ClNO2S/c1-11-3-9-14(10-4-11)20(18,19)15(17-2)12-5-7-13(16)8-6-12/h3-10,15H,1H3/t15-/m1/s1. The van der Waals surface area contributed by atoms with Crippen LogP contribution in [0.25, 0.3) is 4.85 Å². The lowest BCUT2D eigenvalue weighted by atomic mass is 10.2. The first-order valence-corrected chi connectivity index (χ1v) is 7.80. The van der Waals surface area contributed by atoms with Crippen molar-refractivity contribution in [2.75, 3.05) is 0 Å². The SMILES string of the molecule is [C-]#[N+][C@@H](c1ccc(Cl)cc1)S(=O)(=O)c1ccc(C)cc1. The molecule has 0 saturated carbocycles. The molecule has 0 N–H and O–H groups in total. The first-order valence-electron chi connectivity index (χ1n) is 5.88. The molecule has 0 aliphatic rings. The van der Waals surface area contributed by atoms with Crippen LogP contribution in [0.2, 0.25) is 5.02 Å². The summed E-state index contributed by atoms with van der Waals surface area (Å²) in [5, 5.41) is -0.743. The fraction of sp³-hybridized carbons (Fsp3) is 0.133. The molecule has 0 aliphatic carbocycles. The Balaban J connectivity index is 2.48. The van der Waals surface area contributed by atoms with E-state index < -0.39 is 15.2 Å². The van der Waals surface area contributed by atoms with E-state index in [1.165, 1.54) is 12.1 Å². The molecular formula is C15H12ClNO2S. The number of sulfone groups is 1. The zero-order valence-corrected chi connectivity index (χ0v) is 12.3. The molecule has 102 valence electrons. The third-order valence-electron chi connectivity index (χ3n) is 2.92. The highest BCUT2D eigenvalue weighted by Gasteiger charge is 2.34. The molecule has 0 fully saturated rings. The lowest BCUT2D eigenvalue weighted by molar-refractivity contribution is 0.590. The van der Waals surface area contributed by atoms with E-state index in [0.717, 1.165) is 5.56 Å². The fourth-order valence-electron chi connectivity index (χ4n) is 1.81. The fourth-order valence-corrected chi connectivity index (χ4v) is 3.36. The van der Waals surface area contributed by atoms with Crippen LogP contribution in [0.1, 0.15) is 16.5 Å². The van der Waals surface area contributed by atoms with Gasteiger partial charge < -0.3 is 0 Å². The Morgan fingerprint density at radius 1 is 1.05 bits per heavy atom. The van der Waals surface area contributed by atoms with E-state index >= 15 is 0 Å². The third-order valence-corrected chi connectivity index (χ3v) is 5.06. The molecule has 0 spiro atoms. The molecule has 2 aromatic carbocycles. The summed E-state index contributed by atoms with van der Waals surface area (Å²) >= 11 is 5.78. The van der Waals surface area contributed by atoms with Crippen LogP contribution in [-0.4, -0.2) is 8.42 Å². The molecule has 1 atom stereocenters. The molecule has 0 heterocycles. The highest BCUT2D eigenvalue weighted by molar-refractivity contribution is 7.91. The largest absolute Gasteiger partial charge is 0.350 e. The van der Waals surface area contributed by atoms with E-state index in [1.54, 1.807) is 36.4 Å². The Morgan fingerprint density at radius 2 is 1.60 bits per heavy atom. The molecule has 0 aliphatic heterocycles. The van der Waals surface area contributed by atoms with Gasteiger partial charge in [0.25, 0.3) is 9.84 Å². The summed E-state index contributed by atoms with van der Waals surface area (Å²) in [4.78, 5) is 3.43. The average Bonchev–Trinajstić information content (AvgIpc) is 2.42. The molecule has 0 unspecified atom stereocenters. The second-order valence-electron chi connectivity index (χ2n) is 4.39. The van der Waals surface area contributed by atoms with Crippen LogP contribution >= 0.6 is 11.6 Å². The smallest absolute Gasteiger partial charge is 0.291 e. The minimum absolute atomic E-state index is 0.152. The summed E-state index contributed by atoms with van der Waals surface area (Å²) in [6.45, 7) is 9.09. The van der Waals surface area contributed by atoms with Crippen molar-refractivity contribution in [3.05, 3.63) is 76.1 Å². The van der Waals surface area contributed by atoms with E-state index in [4.69, 9.17) is 18.2 Å². The maximum Gasteiger partial charge on any atom is 0.350 e. The Morgan fingerprint density at radius 3 is 2.10 bits per heavy atom. The molecule has 0 saturated heterocycles. The zero-order chi connectivity index (χ0) is 14.8. The van der Waals surface area contributed by atoms with Crippen LogP contribution < -0.4 is 0 Å². The molecule has 0 amide bonds. The average molecular weight is 306 g/mol. The van der Waals surface area contributed by atoms with Crippen LogP contribution in [0, 0.1) is 13.5 Å². The quantitative estimate of drug-likeness (QED) is 0.803. The number of aryl methyl sites for hydroxylation is 1. The summed E-state index contributed by atoms with van der Waals surface area (Å²) in [6, 6.07) is 12.8. The van der Waals surface area contributed by atoms with Crippen molar-refractivity contribution in [1.82, 2.24) is 0 Å². The van der Waals surface area contributed by atoms with Gasteiger partial charge in [0.2, 0.25) is 0 Å². The maximum atomic E-state index is 12.5. The number of hydrogen-bond acceptors (Lipinski definition) is 2. The predicted octanol–water partition coefficient (Wildman–Crippen LogP) is 4.04. The van der Waals surface area contributed by atoms with E-state index in [0.29, 0.717) is 10.6 Å². The van der Waals surface area contributed by atoms with Crippen molar-refractivity contribution in [3.8, 4) is 0 Å². The number of benzene rings is 2. The first-order chi connectivity index (χ1) is 9.45. The van der Waals surface area contributed by atoms with Gasteiger partial charge in [-0.25, -0.2) is 15.0 Å². The third kappa shape index (κ3) is 2.84. The molecular weight excluding hydrogens is 294 g/mol. The van der Waals surface area contributed by atoms with E-state index in [-0.39, 0.29) is 4.90 Å². The molecule has 5 heteroatoms. The van der Waals surface area contributed by atoms with Crippen LogP contribution in [0.3, 0.4) is 0 Å². The van der Waals surface area contributed by atoms with Crippen molar-refractivity contribution in [3.63, 3.8) is 0 Å². The van der Waals surface area contributed by atoms with Crippen molar-refractivity contribution in [2.24, 2.45) is 0 Å². The Labute approximate surface area is 123 Å². The maximum absolute atomic E-state index is 12.5. The Hall–Kier alpha value is -1.83. The van der Waals surface area contributed by atoms with Gasteiger partial charge in [0, 0.05) is 5.02 Å². The number of nitrogens with zero attached hydrogens (tertiary/aromatic N) is 1. The van der Waals surface area contributed by atoms with Gasteiger partial charge in [0.05, 0.1) is 10.5 Å². The molecule has 3 nitrogen and oxygen atoms in total. The summed E-state index contributed by atoms with van der Waals surface area (Å²) in [5.41, 5.74) is 1.39. The van der Waals surface area contributed by atoms with Crippen molar-refractivity contribution in [2.45, 2.75) is 17.2 Å². The molecule has 2 aromatic rings. The number of hydrogen-bond donors (Lipinski definition) is 0. The second-order valence-corrected chi connectivity index (χ2v) is 6.84. The number of halogens is 1. The van der Waals surface area contributed by atoms with E-state index in [9.17, 15) is 8.42 Å². The van der Waals surface area contributed by atoms with Crippen molar-refractivity contribution >= 4 is 21.4 Å². The minimum Gasteiger partial charge on any atom is -0.291 e. The van der Waals surface area contributed by atoms with Gasteiger partial charge in [-0.3, -0.25) is 4.85 Å². The van der Waals surface area contributed by atoms with Gasteiger partial charge in [-0.05, 0) is 43.3 Å². The summed E-state index contributed by atoms with van der Waals surface area (Å²) in [5.74, 6) is 0. The van der Waals surface area contributed by atoms with E-state index in [1.807, 2.05) is 6.92 Å². The lowest BCUT2D eigenvalue weighted by Crippen LogP contribution is -2.10. The topological polar surface area (TPSA) is 38.5 Å². The summed E-state index contributed by atoms with van der Waals surface area (Å²) < 4.78 is 25.0. The molecule has 0 radical (unpaired) electrons. The van der Waals surface area contributed by atoms with Gasteiger partial charge in [0.15, 0.2) is 0 Å². The van der Waals surface area contributed by atoms with Crippen molar-refractivity contribution in [1.29, 1.82) is 0 Å². The molecule has 0 aromatic heterocycles. The first kappa shape index (κ1) is 14.6. The van der Waals surface area contributed by atoms with E-state index in [2.05, 4.69) is 4.85 Å². The van der Waals surface area contributed by atoms with Crippen LogP contribution in [0.5, 0.6) is 0 Å². The molecule has 2 rings (SSSR count). The Kier molecular flexibility index (Phi) is 4.12. The molecule has 0 bridgehead atoms. The normalized spacial score (nSPS) is 12.7. The number of rotatable bonds is 3. The lowest BCUT2D eigenvalue weighted by Gasteiger charge is -2.08. The monoisotopic (exact) mass is 305 g/mol. The molecule has 20 heavy (non-hydrogen) atoms.